The number of anilines is 1. The van der Waals surface area contributed by atoms with Crippen LogP contribution in [0.2, 0.25) is 0 Å². The van der Waals surface area contributed by atoms with Crippen molar-refractivity contribution >= 4 is 28.8 Å². The summed E-state index contributed by atoms with van der Waals surface area (Å²) in [5.74, 6) is 1.14. The number of nitrogens with one attached hydrogen (secondary N) is 1. The van der Waals surface area contributed by atoms with Gasteiger partial charge in [0.25, 0.3) is 5.91 Å². The first kappa shape index (κ1) is 20.7. The van der Waals surface area contributed by atoms with E-state index in [4.69, 9.17) is 14.2 Å². The summed E-state index contributed by atoms with van der Waals surface area (Å²) in [6, 6.07) is 7.30. The zero-order chi connectivity index (χ0) is 21.1. The molecule has 8 heteroatoms. The molecule has 1 atom stereocenters. The van der Waals surface area contributed by atoms with Gasteiger partial charge in [-0.25, -0.2) is 0 Å². The molecule has 2 aromatic rings. The topological polar surface area (TPSA) is 77.1 Å². The quantitative estimate of drug-likeness (QED) is 0.789. The van der Waals surface area contributed by atoms with Crippen LogP contribution < -0.4 is 14.8 Å². The average molecular weight is 431 g/mol. The van der Waals surface area contributed by atoms with Gasteiger partial charge in [0.05, 0.1) is 38.0 Å². The predicted octanol–water partition coefficient (Wildman–Crippen LogP) is 2.98. The second kappa shape index (κ2) is 9.06. The van der Waals surface area contributed by atoms with Crippen LogP contribution in [0.25, 0.3) is 0 Å². The van der Waals surface area contributed by atoms with E-state index in [1.54, 1.807) is 43.8 Å². The van der Waals surface area contributed by atoms with E-state index in [-0.39, 0.29) is 17.7 Å². The Labute approximate surface area is 179 Å². The second-order valence-corrected chi connectivity index (χ2v) is 8.60. The van der Waals surface area contributed by atoms with Gasteiger partial charge in [0.15, 0.2) is 0 Å². The van der Waals surface area contributed by atoms with E-state index in [1.807, 2.05) is 11.0 Å². The van der Waals surface area contributed by atoms with Crippen molar-refractivity contribution in [2.45, 2.75) is 19.3 Å². The van der Waals surface area contributed by atoms with Crippen molar-refractivity contribution in [3.05, 3.63) is 39.6 Å². The SMILES string of the molecule is COc1ccc(NC(=O)C2CCc3sc(C(=O)N4CCOCC4)cc3C2)c(OC)c1. The summed E-state index contributed by atoms with van der Waals surface area (Å²) in [5, 5.41) is 2.99. The minimum atomic E-state index is -0.134. The molecule has 160 valence electrons. The lowest BCUT2D eigenvalue weighted by atomic mass is 9.87. The number of fused-ring (bicyclic) bond motifs is 1. The fourth-order valence-corrected chi connectivity index (χ4v) is 5.09. The molecule has 0 saturated carbocycles. The van der Waals surface area contributed by atoms with Gasteiger partial charge in [-0.15, -0.1) is 11.3 Å². The van der Waals surface area contributed by atoms with Crippen LogP contribution in [0.1, 0.15) is 26.5 Å². The summed E-state index contributed by atoms with van der Waals surface area (Å²) in [6.45, 7) is 2.45. The molecule has 4 rings (SSSR count). The molecule has 1 unspecified atom stereocenters. The number of nitrogens with zero attached hydrogens (tertiary/aromatic N) is 1. The highest BCUT2D eigenvalue weighted by Gasteiger charge is 2.29. The smallest absolute Gasteiger partial charge is 0.264 e. The number of hydrogen-bond donors (Lipinski definition) is 1. The number of hydrogen-bond acceptors (Lipinski definition) is 6. The van der Waals surface area contributed by atoms with Crippen LogP contribution >= 0.6 is 11.3 Å². The lowest BCUT2D eigenvalue weighted by molar-refractivity contribution is -0.120. The Kier molecular flexibility index (Phi) is 6.24. The number of ether oxygens (including phenoxy) is 3. The zero-order valence-electron chi connectivity index (χ0n) is 17.2. The fourth-order valence-electron chi connectivity index (χ4n) is 3.91. The Morgan fingerprint density at radius 1 is 1.17 bits per heavy atom. The van der Waals surface area contributed by atoms with Gasteiger partial charge in [-0.3, -0.25) is 9.59 Å². The Morgan fingerprint density at radius 3 is 2.70 bits per heavy atom. The molecule has 30 heavy (non-hydrogen) atoms. The van der Waals surface area contributed by atoms with Gasteiger partial charge in [0, 0.05) is 30.0 Å². The number of amides is 2. The standard InChI is InChI=1S/C22H26N2O5S/c1-27-16-4-5-17(18(13-16)28-2)23-21(25)14-3-6-19-15(11-14)12-20(30-19)22(26)24-7-9-29-10-8-24/h4-5,12-14H,3,6-11H2,1-2H3,(H,23,25). The fraction of sp³-hybridized carbons (Fsp3) is 0.455. The van der Waals surface area contributed by atoms with Gasteiger partial charge in [0.1, 0.15) is 11.5 Å². The maximum Gasteiger partial charge on any atom is 0.264 e. The van der Waals surface area contributed by atoms with Gasteiger partial charge in [-0.05, 0) is 43.0 Å². The number of carbonyl (C=O) groups is 2. The van der Waals surface area contributed by atoms with Crippen LogP contribution in [0.5, 0.6) is 11.5 Å². The molecule has 1 aromatic carbocycles. The van der Waals surface area contributed by atoms with Crippen molar-refractivity contribution < 1.29 is 23.8 Å². The van der Waals surface area contributed by atoms with E-state index in [2.05, 4.69) is 5.32 Å². The van der Waals surface area contributed by atoms with Crippen LogP contribution in [-0.4, -0.2) is 57.2 Å². The molecule has 1 aromatic heterocycles. The van der Waals surface area contributed by atoms with Gasteiger partial charge in [0.2, 0.25) is 5.91 Å². The number of benzene rings is 1. The molecule has 1 saturated heterocycles. The Morgan fingerprint density at radius 2 is 1.97 bits per heavy atom. The number of carbonyl (C=O) groups excluding carboxylic acids is 2. The highest BCUT2D eigenvalue weighted by Crippen LogP contribution is 2.35. The van der Waals surface area contributed by atoms with Gasteiger partial charge < -0.3 is 24.4 Å². The van der Waals surface area contributed by atoms with E-state index in [1.165, 1.54) is 4.88 Å². The van der Waals surface area contributed by atoms with E-state index in [9.17, 15) is 9.59 Å². The van der Waals surface area contributed by atoms with Crippen LogP contribution in [0.4, 0.5) is 5.69 Å². The van der Waals surface area contributed by atoms with E-state index < -0.39 is 0 Å². The van der Waals surface area contributed by atoms with E-state index >= 15 is 0 Å². The van der Waals surface area contributed by atoms with Crippen LogP contribution in [-0.2, 0) is 22.4 Å². The number of aryl methyl sites for hydroxylation is 1. The highest BCUT2D eigenvalue weighted by molar-refractivity contribution is 7.14. The molecule has 0 bridgehead atoms. The molecule has 1 aliphatic carbocycles. The van der Waals surface area contributed by atoms with Crippen LogP contribution in [0, 0.1) is 5.92 Å². The lowest BCUT2D eigenvalue weighted by Crippen LogP contribution is -2.40. The monoisotopic (exact) mass is 430 g/mol. The first-order valence-electron chi connectivity index (χ1n) is 10.1. The third kappa shape index (κ3) is 4.29. The minimum absolute atomic E-state index is 0.0311. The van der Waals surface area contributed by atoms with Crippen molar-refractivity contribution in [2.75, 3.05) is 45.8 Å². The molecule has 0 spiro atoms. The summed E-state index contributed by atoms with van der Waals surface area (Å²) < 4.78 is 15.9. The minimum Gasteiger partial charge on any atom is -0.497 e. The molecular formula is C22H26N2O5S. The molecule has 7 nitrogen and oxygen atoms in total. The first-order chi connectivity index (χ1) is 14.6. The molecule has 1 N–H and O–H groups in total. The molecule has 1 aliphatic heterocycles. The third-order valence-corrected chi connectivity index (χ3v) is 6.85. The highest BCUT2D eigenvalue weighted by atomic mass is 32.1. The molecule has 2 aliphatic rings. The van der Waals surface area contributed by atoms with Gasteiger partial charge in [-0.1, -0.05) is 0 Å². The summed E-state index contributed by atoms with van der Waals surface area (Å²) in [7, 11) is 3.15. The second-order valence-electron chi connectivity index (χ2n) is 7.46. The third-order valence-electron chi connectivity index (χ3n) is 5.63. The van der Waals surface area contributed by atoms with Crippen LogP contribution in [0.15, 0.2) is 24.3 Å². The summed E-state index contributed by atoms with van der Waals surface area (Å²) in [5.41, 5.74) is 1.74. The van der Waals surface area contributed by atoms with Crippen LogP contribution in [0.3, 0.4) is 0 Å². The summed E-state index contributed by atoms with van der Waals surface area (Å²) in [6.07, 6.45) is 2.23. The van der Waals surface area contributed by atoms with Crippen molar-refractivity contribution in [1.82, 2.24) is 4.90 Å². The number of morpholine rings is 1. The average Bonchev–Trinajstić information content (AvgIpc) is 3.22. The molecular weight excluding hydrogens is 404 g/mol. The van der Waals surface area contributed by atoms with Gasteiger partial charge >= 0.3 is 0 Å². The van der Waals surface area contributed by atoms with Crippen molar-refractivity contribution in [1.29, 1.82) is 0 Å². The predicted molar refractivity (Wildman–Crippen MR) is 115 cm³/mol. The van der Waals surface area contributed by atoms with Crippen molar-refractivity contribution in [2.24, 2.45) is 5.92 Å². The van der Waals surface area contributed by atoms with E-state index in [0.717, 1.165) is 23.3 Å². The summed E-state index contributed by atoms with van der Waals surface area (Å²) >= 11 is 1.57. The maximum absolute atomic E-state index is 12.9. The Bertz CT molecular complexity index is 936. The molecule has 0 radical (unpaired) electrons. The molecule has 2 amide bonds. The molecule has 1 fully saturated rings. The summed E-state index contributed by atoms with van der Waals surface area (Å²) in [4.78, 5) is 29.5. The zero-order valence-corrected chi connectivity index (χ0v) is 18.0. The Hall–Kier alpha value is -2.58. The van der Waals surface area contributed by atoms with Gasteiger partial charge in [-0.2, -0.15) is 0 Å². The van der Waals surface area contributed by atoms with E-state index in [0.29, 0.717) is 49.9 Å². The Balaban J connectivity index is 1.43. The number of thiophene rings is 1. The number of methoxy groups -OCH3 is 2. The normalized spacial score (nSPS) is 18.5. The maximum atomic E-state index is 12.9. The first-order valence-corrected chi connectivity index (χ1v) is 10.9. The van der Waals surface area contributed by atoms with Crippen molar-refractivity contribution in [3.8, 4) is 11.5 Å². The molecule has 2 heterocycles. The largest absolute Gasteiger partial charge is 0.497 e. The number of rotatable bonds is 5. The lowest BCUT2D eigenvalue weighted by Gasteiger charge is -2.26. The van der Waals surface area contributed by atoms with Crippen molar-refractivity contribution in [3.63, 3.8) is 0 Å².